The molecule has 0 radical (unpaired) electrons. The van der Waals surface area contributed by atoms with Gasteiger partial charge in [0.25, 0.3) is 5.91 Å². The third-order valence-electron chi connectivity index (χ3n) is 4.92. The molecule has 1 aliphatic rings. The zero-order valence-corrected chi connectivity index (χ0v) is 15.3. The average Bonchev–Trinajstić information content (AvgIpc) is 3.18. The normalized spacial score (nSPS) is 14.2. The number of amides is 1. The van der Waals surface area contributed by atoms with Crippen molar-refractivity contribution in [2.75, 3.05) is 26.2 Å². The smallest absolute Gasteiger partial charge is 0.251 e. The molecule has 134 valence electrons. The van der Waals surface area contributed by atoms with Crippen molar-refractivity contribution in [2.45, 2.75) is 26.2 Å². The van der Waals surface area contributed by atoms with E-state index in [2.05, 4.69) is 16.3 Å². The van der Waals surface area contributed by atoms with E-state index in [0.29, 0.717) is 17.7 Å². The molecule has 0 aliphatic carbocycles. The van der Waals surface area contributed by atoms with Crippen molar-refractivity contribution >= 4 is 5.91 Å². The van der Waals surface area contributed by atoms with Crippen LogP contribution in [0.2, 0.25) is 0 Å². The molecule has 4 nitrogen and oxygen atoms in total. The topological polar surface area (TPSA) is 56.1 Å². The molecule has 0 spiro atoms. The molecule has 26 heavy (non-hydrogen) atoms. The van der Waals surface area contributed by atoms with Gasteiger partial charge in [-0.3, -0.25) is 4.79 Å². The number of carbonyl (C=O) groups excluding carboxylic acids is 1. The molecule has 0 unspecified atom stereocenters. The Morgan fingerprint density at radius 1 is 1.19 bits per heavy atom. The number of hydrogen-bond donors (Lipinski definition) is 1. The van der Waals surface area contributed by atoms with Gasteiger partial charge in [0.1, 0.15) is 0 Å². The maximum absolute atomic E-state index is 12.5. The first-order chi connectivity index (χ1) is 12.7. The lowest BCUT2D eigenvalue weighted by Crippen LogP contribution is -2.28. The van der Waals surface area contributed by atoms with Crippen LogP contribution in [0.3, 0.4) is 0 Å². The van der Waals surface area contributed by atoms with Gasteiger partial charge in [-0.2, -0.15) is 5.26 Å². The van der Waals surface area contributed by atoms with Crippen molar-refractivity contribution in [1.82, 2.24) is 10.2 Å². The first-order valence-electron chi connectivity index (χ1n) is 9.29. The minimum absolute atomic E-state index is 0.113. The number of rotatable bonds is 6. The second-order valence-corrected chi connectivity index (χ2v) is 6.88. The van der Waals surface area contributed by atoms with Crippen LogP contribution in [-0.4, -0.2) is 37.0 Å². The minimum atomic E-state index is -0.113. The second kappa shape index (κ2) is 8.64. The highest BCUT2D eigenvalue weighted by molar-refractivity contribution is 5.96. The van der Waals surface area contributed by atoms with E-state index >= 15 is 0 Å². The third-order valence-corrected chi connectivity index (χ3v) is 4.92. The molecule has 4 heteroatoms. The highest BCUT2D eigenvalue weighted by Crippen LogP contribution is 2.25. The van der Waals surface area contributed by atoms with E-state index in [1.165, 1.54) is 25.9 Å². The van der Waals surface area contributed by atoms with Crippen molar-refractivity contribution in [2.24, 2.45) is 0 Å². The standard InChI is InChI=1S/C22H25N3O/c1-17-7-2-3-8-21(17)19-13-18(16-23)14-20(15-19)22(26)24-9-6-12-25-10-4-5-11-25/h2-3,7-8,13-15H,4-6,9-12H2,1H3,(H,24,26). The fourth-order valence-electron chi connectivity index (χ4n) is 3.49. The number of benzene rings is 2. The number of hydrogen-bond acceptors (Lipinski definition) is 3. The van der Waals surface area contributed by atoms with Gasteiger partial charge < -0.3 is 10.2 Å². The highest BCUT2D eigenvalue weighted by Gasteiger charge is 2.13. The monoisotopic (exact) mass is 347 g/mol. The Labute approximate surface area is 155 Å². The molecule has 1 N–H and O–H groups in total. The number of nitriles is 1. The zero-order valence-electron chi connectivity index (χ0n) is 15.3. The van der Waals surface area contributed by atoms with Crippen LogP contribution in [0, 0.1) is 18.3 Å². The van der Waals surface area contributed by atoms with Gasteiger partial charge in [-0.1, -0.05) is 24.3 Å². The van der Waals surface area contributed by atoms with Gasteiger partial charge in [-0.15, -0.1) is 0 Å². The summed E-state index contributed by atoms with van der Waals surface area (Å²) in [5.74, 6) is -0.113. The molecule has 2 aromatic carbocycles. The van der Waals surface area contributed by atoms with Crippen LogP contribution in [0.25, 0.3) is 11.1 Å². The van der Waals surface area contributed by atoms with Crippen LogP contribution in [0.15, 0.2) is 42.5 Å². The molecular weight excluding hydrogens is 322 g/mol. The van der Waals surface area contributed by atoms with E-state index < -0.39 is 0 Å². The van der Waals surface area contributed by atoms with Crippen LogP contribution in [-0.2, 0) is 0 Å². The minimum Gasteiger partial charge on any atom is -0.352 e. The Balaban J connectivity index is 1.68. The van der Waals surface area contributed by atoms with Gasteiger partial charge in [0.15, 0.2) is 0 Å². The number of likely N-dealkylation sites (tertiary alicyclic amines) is 1. The van der Waals surface area contributed by atoms with Crippen LogP contribution in [0.4, 0.5) is 0 Å². The fraction of sp³-hybridized carbons (Fsp3) is 0.364. The van der Waals surface area contributed by atoms with Crippen LogP contribution in [0.5, 0.6) is 0 Å². The molecule has 1 saturated heterocycles. The third kappa shape index (κ3) is 4.50. The van der Waals surface area contributed by atoms with Gasteiger partial charge >= 0.3 is 0 Å². The SMILES string of the molecule is Cc1ccccc1-c1cc(C#N)cc(C(=O)NCCCN2CCCC2)c1. The van der Waals surface area contributed by atoms with Crippen LogP contribution >= 0.6 is 0 Å². The molecule has 0 atom stereocenters. The van der Waals surface area contributed by atoms with E-state index in [1.54, 1.807) is 6.07 Å². The van der Waals surface area contributed by atoms with Gasteiger partial charge in [0.2, 0.25) is 0 Å². The van der Waals surface area contributed by atoms with Gasteiger partial charge in [-0.05, 0) is 80.7 Å². The Bertz CT molecular complexity index is 816. The fourth-order valence-corrected chi connectivity index (χ4v) is 3.49. The summed E-state index contributed by atoms with van der Waals surface area (Å²) in [5, 5.41) is 12.3. The summed E-state index contributed by atoms with van der Waals surface area (Å²) in [4.78, 5) is 15.0. The van der Waals surface area contributed by atoms with E-state index in [9.17, 15) is 10.1 Å². The van der Waals surface area contributed by atoms with E-state index in [1.807, 2.05) is 43.3 Å². The molecule has 1 heterocycles. The van der Waals surface area contributed by atoms with Crippen molar-refractivity contribution in [3.05, 3.63) is 59.2 Å². The summed E-state index contributed by atoms with van der Waals surface area (Å²) in [6, 6.07) is 15.6. The number of aryl methyl sites for hydroxylation is 1. The molecule has 1 aliphatic heterocycles. The molecule has 3 rings (SSSR count). The molecule has 0 aromatic heterocycles. The van der Waals surface area contributed by atoms with Gasteiger partial charge in [-0.25, -0.2) is 0 Å². The number of carbonyl (C=O) groups is 1. The van der Waals surface area contributed by atoms with E-state index in [-0.39, 0.29) is 5.91 Å². The van der Waals surface area contributed by atoms with E-state index in [4.69, 9.17) is 0 Å². The molecule has 1 amide bonds. The lowest BCUT2D eigenvalue weighted by molar-refractivity contribution is 0.0952. The molecule has 1 fully saturated rings. The van der Waals surface area contributed by atoms with Crippen molar-refractivity contribution in [3.8, 4) is 17.2 Å². The van der Waals surface area contributed by atoms with Gasteiger partial charge in [0.05, 0.1) is 11.6 Å². The van der Waals surface area contributed by atoms with Gasteiger partial charge in [0, 0.05) is 12.1 Å². The highest BCUT2D eigenvalue weighted by atomic mass is 16.1. The number of nitrogens with zero attached hydrogens (tertiary/aromatic N) is 2. The molecular formula is C22H25N3O. The predicted octanol–water partition coefficient (Wildman–Crippen LogP) is 3.75. The maximum Gasteiger partial charge on any atom is 0.251 e. The maximum atomic E-state index is 12.5. The van der Waals surface area contributed by atoms with Crippen LogP contribution in [0.1, 0.15) is 40.7 Å². The van der Waals surface area contributed by atoms with Crippen molar-refractivity contribution in [3.63, 3.8) is 0 Å². The lowest BCUT2D eigenvalue weighted by Gasteiger charge is -2.14. The summed E-state index contributed by atoms with van der Waals surface area (Å²) < 4.78 is 0. The molecule has 0 saturated carbocycles. The lowest BCUT2D eigenvalue weighted by atomic mass is 9.96. The predicted molar refractivity (Wildman–Crippen MR) is 104 cm³/mol. The Kier molecular flexibility index (Phi) is 6.04. The van der Waals surface area contributed by atoms with Crippen molar-refractivity contribution in [1.29, 1.82) is 5.26 Å². The van der Waals surface area contributed by atoms with Crippen LogP contribution < -0.4 is 5.32 Å². The molecule has 0 bridgehead atoms. The largest absolute Gasteiger partial charge is 0.352 e. The summed E-state index contributed by atoms with van der Waals surface area (Å²) in [6.07, 6.45) is 3.53. The second-order valence-electron chi connectivity index (χ2n) is 6.88. The summed E-state index contributed by atoms with van der Waals surface area (Å²) in [6.45, 7) is 6.08. The zero-order chi connectivity index (χ0) is 18.4. The first kappa shape index (κ1) is 18.2. The summed E-state index contributed by atoms with van der Waals surface area (Å²) >= 11 is 0. The summed E-state index contributed by atoms with van der Waals surface area (Å²) in [7, 11) is 0. The van der Waals surface area contributed by atoms with E-state index in [0.717, 1.165) is 29.7 Å². The Morgan fingerprint density at radius 3 is 2.69 bits per heavy atom. The first-order valence-corrected chi connectivity index (χ1v) is 9.29. The Morgan fingerprint density at radius 2 is 1.96 bits per heavy atom. The Hall–Kier alpha value is -2.64. The van der Waals surface area contributed by atoms with Crippen molar-refractivity contribution < 1.29 is 4.79 Å². The summed E-state index contributed by atoms with van der Waals surface area (Å²) in [5.41, 5.74) is 4.13. The number of nitrogens with one attached hydrogen (secondary N) is 1. The molecule has 2 aromatic rings. The average molecular weight is 347 g/mol. The quantitative estimate of drug-likeness (QED) is 0.810.